The summed E-state index contributed by atoms with van der Waals surface area (Å²) in [4.78, 5) is 11.4. The second-order valence-corrected chi connectivity index (χ2v) is 7.99. The van der Waals surface area contributed by atoms with Crippen LogP contribution in [0.25, 0.3) is 38.7 Å². The van der Waals surface area contributed by atoms with E-state index in [9.17, 15) is 0 Å². The molecule has 31 heavy (non-hydrogen) atoms. The Balaban J connectivity index is 1.38. The van der Waals surface area contributed by atoms with E-state index >= 15 is 0 Å². The fourth-order valence-electron chi connectivity index (χ4n) is 4.67. The molecule has 5 aromatic rings. The van der Waals surface area contributed by atoms with Crippen LogP contribution in [0.3, 0.4) is 0 Å². The zero-order valence-corrected chi connectivity index (χ0v) is 16.6. The Morgan fingerprint density at radius 3 is 2.48 bits per heavy atom. The van der Waals surface area contributed by atoms with Crippen LogP contribution in [-0.2, 0) is 0 Å². The maximum atomic E-state index is 6.13. The molecule has 5 heteroatoms. The molecule has 2 atom stereocenters. The van der Waals surface area contributed by atoms with Crippen LogP contribution in [-0.4, -0.2) is 28.0 Å². The Morgan fingerprint density at radius 2 is 1.58 bits per heavy atom. The van der Waals surface area contributed by atoms with Crippen molar-refractivity contribution in [3.63, 3.8) is 0 Å². The fraction of sp³-hybridized carbons (Fsp3) is 0.0769. The van der Waals surface area contributed by atoms with E-state index in [4.69, 9.17) is 4.42 Å². The highest BCUT2D eigenvalue weighted by Crippen LogP contribution is 2.35. The summed E-state index contributed by atoms with van der Waals surface area (Å²) in [5.41, 5.74) is 6.03. The Morgan fingerprint density at radius 1 is 0.806 bits per heavy atom. The lowest BCUT2D eigenvalue weighted by molar-refractivity contribution is 0.668. The van der Waals surface area contributed by atoms with Crippen molar-refractivity contribution in [1.29, 1.82) is 0 Å². The monoisotopic (exact) mass is 402 g/mol. The molecule has 0 saturated carbocycles. The van der Waals surface area contributed by atoms with Crippen molar-refractivity contribution in [3.8, 4) is 5.69 Å². The van der Waals surface area contributed by atoms with Gasteiger partial charge in [0, 0.05) is 22.1 Å². The second-order valence-electron chi connectivity index (χ2n) is 7.99. The van der Waals surface area contributed by atoms with Crippen LogP contribution in [0.5, 0.6) is 0 Å². The summed E-state index contributed by atoms with van der Waals surface area (Å²) in [5.74, 6) is 0. The molecule has 1 aliphatic heterocycles. The van der Waals surface area contributed by atoms with Gasteiger partial charge in [0.15, 0.2) is 0 Å². The first-order valence-electron chi connectivity index (χ1n) is 10.4. The standard InChI is InChI=1S/C26H18N4O/c1-3-7-23-21(5-1)27-15-29(23)17-9-11-25-19(13-17)20-14-18(10-12-26(20)31-25)30-16-28-22-6-2-4-8-24(22)30/h1-16,21,23H. The van der Waals surface area contributed by atoms with Crippen molar-refractivity contribution >= 4 is 45.0 Å². The number of imidazole rings is 1. The molecule has 0 bridgehead atoms. The normalized spacial score (nSPS) is 19.8. The van der Waals surface area contributed by atoms with Gasteiger partial charge in [0.05, 0.1) is 29.5 Å². The highest BCUT2D eigenvalue weighted by molar-refractivity contribution is 6.07. The smallest absolute Gasteiger partial charge is 0.135 e. The highest BCUT2D eigenvalue weighted by atomic mass is 16.3. The van der Waals surface area contributed by atoms with Gasteiger partial charge in [0.25, 0.3) is 0 Å². The topological polar surface area (TPSA) is 46.6 Å². The maximum absolute atomic E-state index is 6.13. The summed E-state index contributed by atoms with van der Waals surface area (Å²) in [7, 11) is 0. The number of benzene rings is 3. The van der Waals surface area contributed by atoms with Crippen molar-refractivity contribution in [2.24, 2.45) is 4.99 Å². The van der Waals surface area contributed by atoms with Gasteiger partial charge in [-0.3, -0.25) is 9.56 Å². The zero-order valence-electron chi connectivity index (χ0n) is 16.6. The van der Waals surface area contributed by atoms with E-state index in [1.165, 1.54) is 0 Å². The van der Waals surface area contributed by atoms with Gasteiger partial charge in [0.1, 0.15) is 17.5 Å². The number of nitrogens with zero attached hydrogens (tertiary/aromatic N) is 4. The number of furan rings is 1. The van der Waals surface area contributed by atoms with E-state index in [0.29, 0.717) is 0 Å². The van der Waals surface area contributed by atoms with E-state index in [1.807, 2.05) is 36.9 Å². The Hall–Kier alpha value is -4.12. The molecule has 3 aromatic carbocycles. The third-order valence-electron chi connectivity index (χ3n) is 6.23. The van der Waals surface area contributed by atoms with Gasteiger partial charge < -0.3 is 9.32 Å². The van der Waals surface area contributed by atoms with Gasteiger partial charge in [0.2, 0.25) is 0 Å². The molecule has 0 radical (unpaired) electrons. The number of hydrogen-bond donors (Lipinski definition) is 0. The molecular formula is C26H18N4O. The molecule has 0 spiro atoms. The van der Waals surface area contributed by atoms with Crippen LogP contribution in [0.1, 0.15) is 0 Å². The predicted octanol–water partition coefficient (Wildman–Crippen LogP) is 5.64. The lowest BCUT2D eigenvalue weighted by Crippen LogP contribution is -2.34. The minimum atomic E-state index is 0.183. The minimum Gasteiger partial charge on any atom is -0.456 e. The van der Waals surface area contributed by atoms with Crippen molar-refractivity contribution in [2.75, 3.05) is 4.90 Å². The van der Waals surface area contributed by atoms with Crippen molar-refractivity contribution in [1.82, 2.24) is 9.55 Å². The molecule has 2 unspecified atom stereocenters. The summed E-state index contributed by atoms with van der Waals surface area (Å²) in [5, 5.41) is 2.20. The molecule has 0 amide bonds. The van der Waals surface area contributed by atoms with E-state index < -0.39 is 0 Å². The summed E-state index contributed by atoms with van der Waals surface area (Å²) < 4.78 is 8.25. The largest absolute Gasteiger partial charge is 0.456 e. The van der Waals surface area contributed by atoms with Gasteiger partial charge in [-0.15, -0.1) is 0 Å². The van der Waals surface area contributed by atoms with Crippen LogP contribution in [0, 0.1) is 0 Å². The van der Waals surface area contributed by atoms with Gasteiger partial charge >= 0.3 is 0 Å². The lowest BCUT2D eigenvalue weighted by atomic mass is 10.0. The summed E-state index contributed by atoms with van der Waals surface area (Å²) in [6.07, 6.45) is 12.3. The molecular weight excluding hydrogens is 384 g/mol. The van der Waals surface area contributed by atoms with Crippen LogP contribution < -0.4 is 4.90 Å². The number of anilines is 1. The molecule has 7 rings (SSSR count). The average molecular weight is 402 g/mol. The van der Waals surface area contributed by atoms with Crippen LogP contribution in [0.4, 0.5) is 5.69 Å². The number of aliphatic imine (C=N–C) groups is 1. The number of rotatable bonds is 2. The first kappa shape index (κ1) is 16.7. The molecule has 1 aliphatic carbocycles. The Labute approximate surface area is 178 Å². The van der Waals surface area contributed by atoms with Crippen molar-refractivity contribution in [3.05, 3.63) is 91.3 Å². The number of hydrogen-bond acceptors (Lipinski definition) is 4. The minimum absolute atomic E-state index is 0.183. The summed E-state index contributed by atoms with van der Waals surface area (Å²) >= 11 is 0. The molecule has 2 aliphatic rings. The number of fused-ring (bicyclic) bond motifs is 5. The third-order valence-corrected chi connectivity index (χ3v) is 6.23. The zero-order chi connectivity index (χ0) is 20.4. The van der Waals surface area contributed by atoms with E-state index in [-0.39, 0.29) is 12.1 Å². The first-order valence-corrected chi connectivity index (χ1v) is 10.4. The van der Waals surface area contributed by atoms with Gasteiger partial charge in [-0.25, -0.2) is 4.98 Å². The predicted molar refractivity (Wildman–Crippen MR) is 125 cm³/mol. The molecule has 2 aromatic heterocycles. The van der Waals surface area contributed by atoms with E-state index in [1.54, 1.807) is 0 Å². The van der Waals surface area contributed by atoms with Gasteiger partial charge in [-0.1, -0.05) is 36.4 Å². The average Bonchev–Trinajstić information content (AvgIpc) is 3.53. The van der Waals surface area contributed by atoms with Crippen LogP contribution in [0.15, 0.2) is 101 Å². The van der Waals surface area contributed by atoms with Crippen molar-refractivity contribution in [2.45, 2.75) is 12.1 Å². The molecule has 3 heterocycles. The lowest BCUT2D eigenvalue weighted by Gasteiger charge is -2.25. The van der Waals surface area contributed by atoms with Gasteiger partial charge in [-0.2, -0.15) is 0 Å². The fourth-order valence-corrected chi connectivity index (χ4v) is 4.67. The Bertz CT molecular complexity index is 1570. The Kier molecular flexibility index (Phi) is 3.32. The van der Waals surface area contributed by atoms with Crippen LogP contribution >= 0.6 is 0 Å². The molecule has 148 valence electrons. The maximum Gasteiger partial charge on any atom is 0.135 e. The molecule has 0 saturated heterocycles. The molecule has 0 fully saturated rings. The van der Waals surface area contributed by atoms with Crippen LogP contribution in [0.2, 0.25) is 0 Å². The SMILES string of the molecule is C1=CC2N=CN(c3ccc4oc5ccc(-n6cnc7ccccc76)cc5c4c3)C2C=C1. The quantitative estimate of drug-likeness (QED) is 0.384. The van der Waals surface area contributed by atoms with E-state index in [2.05, 4.69) is 80.1 Å². The molecule has 5 nitrogen and oxygen atoms in total. The van der Waals surface area contributed by atoms with E-state index in [0.717, 1.165) is 44.3 Å². The van der Waals surface area contributed by atoms with Crippen molar-refractivity contribution < 1.29 is 4.42 Å². The summed E-state index contributed by atoms with van der Waals surface area (Å²) in [6, 6.07) is 21.3. The summed E-state index contributed by atoms with van der Waals surface area (Å²) in [6.45, 7) is 0. The number of para-hydroxylation sites is 2. The molecule has 0 N–H and O–H groups in total. The number of allylic oxidation sites excluding steroid dienone is 2. The van der Waals surface area contributed by atoms with Gasteiger partial charge in [-0.05, 0) is 48.5 Å². The number of aromatic nitrogens is 2. The first-order chi connectivity index (χ1) is 15.3. The second kappa shape index (κ2) is 6.19. The highest BCUT2D eigenvalue weighted by Gasteiger charge is 2.29. The third kappa shape index (κ3) is 2.43.